The van der Waals surface area contributed by atoms with Gasteiger partial charge in [-0.25, -0.2) is 0 Å². The molecule has 0 aromatic heterocycles. The van der Waals surface area contributed by atoms with Crippen molar-refractivity contribution in [1.29, 1.82) is 0 Å². The lowest BCUT2D eigenvalue weighted by Crippen LogP contribution is -2.38. The molecule has 0 aliphatic heterocycles. The monoisotopic (exact) mass is 217 g/mol. The minimum atomic E-state index is -1.02. The summed E-state index contributed by atoms with van der Waals surface area (Å²) < 4.78 is 10.7. The Kier molecular flexibility index (Phi) is 5.01. The van der Waals surface area contributed by atoms with Gasteiger partial charge in [0.05, 0.1) is 18.8 Å². The predicted octanol–water partition coefficient (Wildman–Crippen LogP) is 0.373. The highest BCUT2D eigenvalue weighted by Crippen LogP contribution is 2.22. The highest BCUT2D eigenvalue weighted by atomic mass is 16.5. The Bertz CT molecular complexity index is 210. The Morgan fingerprint density at radius 3 is 2.80 bits per heavy atom. The fourth-order valence-corrected chi connectivity index (χ4v) is 1.78. The number of hydrogen-bond acceptors (Lipinski definition) is 4. The molecule has 1 rings (SSSR count). The van der Waals surface area contributed by atoms with Crippen LogP contribution in [0.15, 0.2) is 0 Å². The first-order valence-corrected chi connectivity index (χ1v) is 5.26. The molecule has 3 N–H and O–H groups in total. The van der Waals surface area contributed by atoms with Crippen molar-refractivity contribution in [3.63, 3.8) is 0 Å². The quantitative estimate of drug-likeness (QED) is 0.695. The first-order chi connectivity index (χ1) is 7.13. The number of nitrogens with two attached hydrogens (primary N) is 1. The van der Waals surface area contributed by atoms with Gasteiger partial charge in [-0.2, -0.15) is 0 Å². The van der Waals surface area contributed by atoms with Gasteiger partial charge in [-0.05, 0) is 25.7 Å². The summed E-state index contributed by atoms with van der Waals surface area (Å²) in [6.45, 7) is 0.0798. The topological polar surface area (TPSA) is 81.8 Å². The second-order valence-corrected chi connectivity index (χ2v) is 3.92. The van der Waals surface area contributed by atoms with Gasteiger partial charge in [0.2, 0.25) is 0 Å². The number of carboxylic acids is 1. The smallest absolute Gasteiger partial charge is 0.322 e. The molecule has 0 saturated heterocycles. The van der Waals surface area contributed by atoms with E-state index < -0.39 is 12.0 Å². The molecule has 0 spiro atoms. The summed E-state index contributed by atoms with van der Waals surface area (Å²) in [7, 11) is 1.69. The molecule has 1 fully saturated rings. The van der Waals surface area contributed by atoms with Crippen LogP contribution in [0.5, 0.6) is 0 Å². The van der Waals surface area contributed by atoms with Crippen LogP contribution in [0, 0.1) is 0 Å². The van der Waals surface area contributed by atoms with E-state index in [0.29, 0.717) is 0 Å². The molecule has 3 atom stereocenters. The van der Waals surface area contributed by atoms with Crippen LogP contribution in [-0.4, -0.2) is 43.0 Å². The molecule has 5 heteroatoms. The van der Waals surface area contributed by atoms with E-state index >= 15 is 0 Å². The summed E-state index contributed by atoms with van der Waals surface area (Å²) in [5.74, 6) is -1.02. The maximum atomic E-state index is 10.5. The Morgan fingerprint density at radius 2 is 2.20 bits per heavy atom. The van der Waals surface area contributed by atoms with Crippen LogP contribution in [0.25, 0.3) is 0 Å². The van der Waals surface area contributed by atoms with E-state index in [1.165, 1.54) is 0 Å². The highest BCUT2D eigenvalue weighted by Gasteiger charge is 2.23. The maximum Gasteiger partial charge on any atom is 0.322 e. The summed E-state index contributed by atoms with van der Waals surface area (Å²) >= 11 is 0. The average Bonchev–Trinajstić information content (AvgIpc) is 2.26. The summed E-state index contributed by atoms with van der Waals surface area (Å²) in [5, 5.41) is 8.58. The molecule has 88 valence electrons. The standard InChI is InChI=1S/C10H19NO4/c1-14-7-3-2-4-8(5-7)15-6-9(11)10(12)13/h7-9H,2-6,11H2,1H3,(H,12,13). The molecule has 0 radical (unpaired) electrons. The lowest BCUT2D eigenvalue weighted by molar-refractivity contribution is -0.141. The van der Waals surface area contributed by atoms with Crippen molar-refractivity contribution in [1.82, 2.24) is 0 Å². The molecule has 5 nitrogen and oxygen atoms in total. The fourth-order valence-electron chi connectivity index (χ4n) is 1.78. The predicted molar refractivity (Wildman–Crippen MR) is 54.6 cm³/mol. The van der Waals surface area contributed by atoms with Crippen molar-refractivity contribution in [3.05, 3.63) is 0 Å². The Labute approximate surface area is 89.5 Å². The van der Waals surface area contributed by atoms with E-state index in [9.17, 15) is 4.79 Å². The number of ether oxygens (including phenoxy) is 2. The van der Waals surface area contributed by atoms with Crippen LogP contribution >= 0.6 is 0 Å². The lowest BCUT2D eigenvalue weighted by atomic mass is 9.95. The van der Waals surface area contributed by atoms with Crippen molar-refractivity contribution in [2.24, 2.45) is 5.73 Å². The molecule has 0 aromatic carbocycles. The number of methoxy groups -OCH3 is 1. The van der Waals surface area contributed by atoms with Crippen LogP contribution in [0.4, 0.5) is 0 Å². The van der Waals surface area contributed by atoms with Gasteiger partial charge < -0.3 is 20.3 Å². The third-order valence-electron chi connectivity index (χ3n) is 2.74. The van der Waals surface area contributed by atoms with Gasteiger partial charge in [0.15, 0.2) is 0 Å². The zero-order valence-corrected chi connectivity index (χ0v) is 9.02. The van der Waals surface area contributed by atoms with Gasteiger partial charge in [0.25, 0.3) is 0 Å². The third-order valence-corrected chi connectivity index (χ3v) is 2.74. The Balaban J connectivity index is 2.23. The first-order valence-electron chi connectivity index (χ1n) is 5.26. The van der Waals surface area contributed by atoms with Crippen molar-refractivity contribution >= 4 is 5.97 Å². The molecule has 0 aromatic rings. The van der Waals surface area contributed by atoms with Crippen LogP contribution in [0.2, 0.25) is 0 Å². The molecule has 0 heterocycles. The Morgan fingerprint density at radius 1 is 1.53 bits per heavy atom. The number of carboxylic acid groups (broad SMARTS) is 1. The second kappa shape index (κ2) is 6.05. The summed E-state index contributed by atoms with van der Waals surface area (Å²) in [6.07, 6.45) is 4.25. The van der Waals surface area contributed by atoms with Gasteiger partial charge in [-0.15, -0.1) is 0 Å². The zero-order valence-electron chi connectivity index (χ0n) is 9.02. The van der Waals surface area contributed by atoms with Gasteiger partial charge in [-0.1, -0.05) is 0 Å². The number of carbonyl (C=O) groups is 1. The largest absolute Gasteiger partial charge is 0.480 e. The number of rotatable bonds is 5. The summed E-state index contributed by atoms with van der Waals surface area (Å²) in [4.78, 5) is 10.5. The van der Waals surface area contributed by atoms with Gasteiger partial charge in [0.1, 0.15) is 6.04 Å². The van der Waals surface area contributed by atoms with Crippen LogP contribution in [0.3, 0.4) is 0 Å². The van der Waals surface area contributed by atoms with Crippen LogP contribution in [-0.2, 0) is 14.3 Å². The van der Waals surface area contributed by atoms with Gasteiger partial charge in [-0.3, -0.25) is 4.79 Å². The molecule has 0 bridgehead atoms. The van der Waals surface area contributed by atoms with Gasteiger partial charge >= 0.3 is 5.97 Å². The summed E-state index contributed by atoms with van der Waals surface area (Å²) in [5.41, 5.74) is 5.35. The van der Waals surface area contributed by atoms with E-state index in [4.69, 9.17) is 20.3 Å². The normalized spacial score (nSPS) is 28.7. The zero-order chi connectivity index (χ0) is 11.3. The number of hydrogen-bond donors (Lipinski definition) is 2. The van der Waals surface area contributed by atoms with E-state index in [1.54, 1.807) is 7.11 Å². The highest BCUT2D eigenvalue weighted by molar-refractivity contribution is 5.73. The number of aliphatic carboxylic acids is 1. The van der Waals surface area contributed by atoms with Crippen LogP contribution in [0.1, 0.15) is 25.7 Å². The third kappa shape index (κ3) is 4.15. The Hall–Kier alpha value is -0.650. The van der Waals surface area contributed by atoms with Crippen molar-refractivity contribution in [3.8, 4) is 0 Å². The first kappa shape index (κ1) is 12.4. The van der Waals surface area contributed by atoms with Gasteiger partial charge in [0, 0.05) is 7.11 Å². The molecule has 1 saturated carbocycles. The molecular formula is C10H19NO4. The second-order valence-electron chi connectivity index (χ2n) is 3.92. The van der Waals surface area contributed by atoms with E-state index in [2.05, 4.69) is 0 Å². The van der Waals surface area contributed by atoms with Crippen molar-refractivity contribution < 1.29 is 19.4 Å². The van der Waals surface area contributed by atoms with Crippen LogP contribution < -0.4 is 5.73 Å². The fraction of sp³-hybridized carbons (Fsp3) is 0.900. The molecule has 15 heavy (non-hydrogen) atoms. The SMILES string of the molecule is COC1CCCC(OCC(N)C(=O)O)C1. The van der Waals surface area contributed by atoms with Crippen molar-refractivity contribution in [2.75, 3.05) is 13.7 Å². The molecular weight excluding hydrogens is 198 g/mol. The minimum Gasteiger partial charge on any atom is -0.480 e. The minimum absolute atomic E-state index is 0.0798. The summed E-state index contributed by atoms with van der Waals surface area (Å²) in [6, 6.07) is -0.923. The lowest BCUT2D eigenvalue weighted by Gasteiger charge is -2.28. The van der Waals surface area contributed by atoms with E-state index in [1.807, 2.05) is 0 Å². The van der Waals surface area contributed by atoms with E-state index in [-0.39, 0.29) is 18.8 Å². The molecule has 1 aliphatic rings. The maximum absolute atomic E-state index is 10.5. The molecule has 0 amide bonds. The van der Waals surface area contributed by atoms with Crippen molar-refractivity contribution in [2.45, 2.75) is 43.9 Å². The van der Waals surface area contributed by atoms with E-state index in [0.717, 1.165) is 25.7 Å². The molecule has 3 unspecified atom stereocenters. The molecule has 1 aliphatic carbocycles. The average molecular weight is 217 g/mol.